The van der Waals surface area contributed by atoms with Gasteiger partial charge in [-0.2, -0.15) is 0 Å². The molecule has 1 atom stereocenters. The van der Waals surface area contributed by atoms with Crippen LogP contribution in [0.2, 0.25) is 10.0 Å². The molecule has 1 aliphatic heterocycles. The van der Waals surface area contributed by atoms with Crippen molar-refractivity contribution < 1.29 is 14.3 Å². The van der Waals surface area contributed by atoms with Crippen molar-refractivity contribution in [3.63, 3.8) is 0 Å². The maximum Gasteiger partial charge on any atom is 0.258 e. The molecule has 0 radical (unpaired) electrons. The smallest absolute Gasteiger partial charge is 0.258 e. The summed E-state index contributed by atoms with van der Waals surface area (Å²) >= 11 is 11.8. The summed E-state index contributed by atoms with van der Waals surface area (Å²) in [7, 11) is 0. The minimum absolute atomic E-state index is 0.138. The molecule has 2 aromatic rings. The number of ether oxygens (including phenoxy) is 1. The minimum atomic E-state index is -0.383. The zero-order valence-corrected chi connectivity index (χ0v) is 14.0. The Morgan fingerprint density at radius 3 is 2.83 bits per heavy atom. The number of rotatable bonds is 4. The number of hydrogen-bond acceptors (Lipinski definition) is 3. The zero-order valence-electron chi connectivity index (χ0n) is 12.5. The average molecular weight is 365 g/mol. The monoisotopic (exact) mass is 364 g/mol. The molecule has 1 heterocycles. The Balaban J connectivity index is 1.64. The lowest BCUT2D eigenvalue weighted by atomic mass is 9.97. The van der Waals surface area contributed by atoms with Crippen LogP contribution in [0.1, 0.15) is 18.0 Å². The molecule has 2 aromatic carbocycles. The van der Waals surface area contributed by atoms with Gasteiger partial charge in [-0.3, -0.25) is 9.59 Å². The maximum absolute atomic E-state index is 12.1. The van der Waals surface area contributed by atoms with E-state index >= 15 is 0 Å². The fraction of sp³-hybridized carbons (Fsp3) is 0.176. The molecule has 2 N–H and O–H groups in total. The fourth-order valence-electron chi connectivity index (χ4n) is 2.51. The molecule has 5 nitrogen and oxygen atoms in total. The average Bonchev–Trinajstić information content (AvgIpc) is 2.54. The molecule has 124 valence electrons. The van der Waals surface area contributed by atoms with Crippen molar-refractivity contribution in [1.82, 2.24) is 5.32 Å². The van der Waals surface area contributed by atoms with E-state index in [0.29, 0.717) is 21.5 Å². The molecule has 3 rings (SSSR count). The number of benzene rings is 2. The van der Waals surface area contributed by atoms with Crippen molar-refractivity contribution in [1.29, 1.82) is 0 Å². The highest BCUT2D eigenvalue weighted by Gasteiger charge is 2.26. The quantitative estimate of drug-likeness (QED) is 0.871. The molecular weight excluding hydrogens is 351 g/mol. The molecule has 2 amide bonds. The van der Waals surface area contributed by atoms with Gasteiger partial charge >= 0.3 is 0 Å². The van der Waals surface area contributed by atoms with Gasteiger partial charge in [-0.05, 0) is 29.8 Å². The van der Waals surface area contributed by atoms with Crippen LogP contribution >= 0.6 is 23.2 Å². The topological polar surface area (TPSA) is 67.4 Å². The van der Waals surface area contributed by atoms with Crippen molar-refractivity contribution in [2.75, 3.05) is 11.9 Å². The third kappa shape index (κ3) is 3.80. The van der Waals surface area contributed by atoms with Crippen LogP contribution in [0.5, 0.6) is 5.75 Å². The summed E-state index contributed by atoms with van der Waals surface area (Å²) in [6.45, 7) is -0.207. The standard InChI is InChI=1S/C17H14Cl2N2O3/c18-10-5-6-15(12(19)7-10)24-9-17(23)21-14-8-16(22)20-13-4-2-1-3-11(13)14/h1-7,14H,8-9H2,(H,20,22)(H,21,23)/t14-/m1/s1. The number of para-hydroxylation sites is 1. The summed E-state index contributed by atoms with van der Waals surface area (Å²) in [5.74, 6) is -0.103. The second-order valence-corrected chi connectivity index (χ2v) is 6.17. The molecule has 0 saturated carbocycles. The van der Waals surface area contributed by atoms with E-state index in [1.54, 1.807) is 18.2 Å². The van der Waals surface area contributed by atoms with Gasteiger partial charge in [0.25, 0.3) is 5.91 Å². The molecule has 24 heavy (non-hydrogen) atoms. The first-order valence-electron chi connectivity index (χ1n) is 7.29. The number of fused-ring (bicyclic) bond motifs is 1. The summed E-state index contributed by atoms with van der Waals surface area (Å²) < 4.78 is 5.41. The van der Waals surface area contributed by atoms with Gasteiger partial charge in [-0.1, -0.05) is 41.4 Å². The maximum atomic E-state index is 12.1. The predicted molar refractivity (Wildman–Crippen MR) is 92.5 cm³/mol. The minimum Gasteiger partial charge on any atom is -0.482 e. The van der Waals surface area contributed by atoms with Crippen LogP contribution in [0.4, 0.5) is 5.69 Å². The van der Waals surface area contributed by atoms with Gasteiger partial charge in [0.05, 0.1) is 17.5 Å². The third-order valence-corrected chi connectivity index (χ3v) is 4.12. The van der Waals surface area contributed by atoms with Crippen molar-refractivity contribution in [2.45, 2.75) is 12.5 Å². The van der Waals surface area contributed by atoms with Crippen LogP contribution in [-0.4, -0.2) is 18.4 Å². The molecular formula is C17H14Cl2N2O3. The Hall–Kier alpha value is -2.24. The summed E-state index contributed by atoms with van der Waals surface area (Å²) in [4.78, 5) is 23.9. The van der Waals surface area contributed by atoms with E-state index in [9.17, 15) is 9.59 Å². The number of amides is 2. The molecule has 0 spiro atoms. The lowest BCUT2D eigenvalue weighted by Gasteiger charge is -2.26. The second-order valence-electron chi connectivity index (χ2n) is 5.32. The van der Waals surface area contributed by atoms with E-state index in [-0.39, 0.29) is 30.9 Å². The number of anilines is 1. The van der Waals surface area contributed by atoms with Crippen molar-refractivity contribution in [3.05, 3.63) is 58.1 Å². The summed E-state index contributed by atoms with van der Waals surface area (Å²) in [6, 6.07) is 11.7. The van der Waals surface area contributed by atoms with Crippen LogP contribution in [-0.2, 0) is 9.59 Å². The highest BCUT2D eigenvalue weighted by Crippen LogP contribution is 2.30. The van der Waals surface area contributed by atoms with Gasteiger partial charge in [0.2, 0.25) is 5.91 Å². The van der Waals surface area contributed by atoms with Gasteiger partial charge in [0.15, 0.2) is 6.61 Å². The number of nitrogens with one attached hydrogen (secondary N) is 2. The van der Waals surface area contributed by atoms with Crippen LogP contribution in [0.25, 0.3) is 0 Å². The second kappa shape index (κ2) is 7.11. The van der Waals surface area contributed by atoms with Gasteiger partial charge in [-0.25, -0.2) is 0 Å². The van der Waals surface area contributed by atoms with Gasteiger partial charge < -0.3 is 15.4 Å². The van der Waals surface area contributed by atoms with E-state index in [0.717, 1.165) is 5.56 Å². The molecule has 0 aromatic heterocycles. The Morgan fingerprint density at radius 2 is 2.04 bits per heavy atom. The van der Waals surface area contributed by atoms with Crippen molar-refractivity contribution in [2.24, 2.45) is 0 Å². The van der Waals surface area contributed by atoms with Crippen LogP contribution < -0.4 is 15.4 Å². The Kier molecular flexibility index (Phi) is 4.92. The lowest BCUT2D eigenvalue weighted by molar-refractivity contribution is -0.124. The van der Waals surface area contributed by atoms with E-state index in [1.165, 1.54) is 6.07 Å². The zero-order chi connectivity index (χ0) is 17.1. The van der Waals surface area contributed by atoms with Crippen LogP contribution in [0.3, 0.4) is 0 Å². The molecule has 0 aliphatic carbocycles. The van der Waals surface area contributed by atoms with E-state index in [2.05, 4.69) is 10.6 Å². The molecule has 7 heteroatoms. The lowest BCUT2D eigenvalue weighted by Crippen LogP contribution is -2.37. The predicted octanol–water partition coefficient (Wildman–Crippen LogP) is 3.57. The largest absolute Gasteiger partial charge is 0.482 e. The van der Waals surface area contributed by atoms with Gasteiger partial charge in [0.1, 0.15) is 5.75 Å². The van der Waals surface area contributed by atoms with E-state index in [1.807, 2.05) is 18.2 Å². The summed E-state index contributed by atoms with van der Waals surface area (Å²) in [6.07, 6.45) is 0.185. The molecule has 0 fully saturated rings. The van der Waals surface area contributed by atoms with E-state index < -0.39 is 0 Å². The highest BCUT2D eigenvalue weighted by atomic mass is 35.5. The van der Waals surface area contributed by atoms with Gasteiger partial charge in [-0.15, -0.1) is 0 Å². The van der Waals surface area contributed by atoms with Crippen LogP contribution in [0, 0.1) is 0 Å². The number of hydrogen-bond donors (Lipinski definition) is 2. The van der Waals surface area contributed by atoms with Crippen molar-refractivity contribution in [3.8, 4) is 5.75 Å². The van der Waals surface area contributed by atoms with Crippen molar-refractivity contribution >= 4 is 40.7 Å². The summed E-state index contributed by atoms with van der Waals surface area (Å²) in [5, 5.41) is 6.41. The number of halogens is 2. The van der Waals surface area contributed by atoms with Gasteiger partial charge in [0, 0.05) is 10.7 Å². The SMILES string of the molecule is O=C1C[C@@H](NC(=O)COc2ccc(Cl)cc2Cl)c2ccccc2N1. The first-order chi connectivity index (χ1) is 11.5. The Bertz CT molecular complexity index is 795. The number of carbonyl (C=O) groups excluding carboxylic acids is 2. The normalized spacial score (nSPS) is 16.1. The molecule has 0 unspecified atom stereocenters. The molecule has 0 saturated heterocycles. The fourth-order valence-corrected chi connectivity index (χ4v) is 2.97. The molecule has 1 aliphatic rings. The first-order valence-corrected chi connectivity index (χ1v) is 8.04. The Labute approximate surface area is 148 Å². The van der Waals surface area contributed by atoms with E-state index in [4.69, 9.17) is 27.9 Å². The Morgan fingerprint density at radius 1 is 1.25 bits per heavy atom. The number of carbonyl (C=O) groups is 2. The summed E-state index contributed by atoms with van der Waals surface area (Å²) in [5.41, 5.74) is 1.58. The molecule has 0 bridgehead atoms. The third-order valence-electron chi connectivity index (χ3n) is 3.59. The first kappa shape index (κ1) is 16.6. The van der Waals surface area contributed by atoms with Crippen LogP contribution in [0.15, 0.2) is 42.5 Å². The highest BCUT2D eigenvalue weighted by molar-refractivity contribution is 6.35.